The van der Waals surface area contributed by atoms with Gasteiger partial charge >= 0.3 is 12.0 Å². The molecule has 1 saturated carbocycles. The van der Waals surface area contributed by atoms with Crippen LogP contribution in [0.1, 0.15) is 38.5 Å². The zero-order chi connectivity index (χ0) is 15.4. The summed E-state index contributed by atoms with van der Waals surface area (Å²) in [5, 5.41) is 10.2. The molecule has 0 atom stereocenters. The molecule has 0 unspecified atom stereocenters. The number of nitrogens with zero attached hydrogens (tertiary/aromatic N) is 3. The SMILES string of the molecule is COC(=O)CN(CC(=O)Nc1nnc(C2CC2)o1)C(C)C. The third kappa shape index (κ3) is 4.52. The molecule has 1 heterocycles. The third-order valence-electron chi connectivity index (χ3n) is 3.25. The lowest BCUT2D eigenvalue weighted by molar-refractivity contribution is -0.142. The molecule has 0 bridgehead atoms. The summed E-state index contributed by atoms with van der Waals surface area (Å²) < 4.78 is 9.97. The first kappa shape index (κ1) is 15.4. The van der Waals surface area contributed by atoms with Crippen LogP contribution < -0.4 is 5.32 Å². The van der Waals surface area contributed by atoms with Crippen LogP contribution in [-0.2, 0) is 14.3 Å². The normalized spacial score (nSPS) is 14.5. The van der Waals surface area contributed by atoms with Crippen LogP contribution in [0, 0.1) is 0 Å². The van der Waals surface area contributed by atoms with Gasteiger partial charge < -0.3 is 9.15 Å². The average molecular weight is 296 g/mol. The van der Waals surface area contributed by atoms with Gasteiger partial charge in [0.1, 0.15) is 0 Å². The average Bonchev–Trinajstić information content (AvgIpc) is 3.18. The highest BCUT2D eigenvalue weighted by molar-refractivity contribution is 5.90. The minimum Gasteiger partial charge on any atom is -0.468 e. The van der Waals surface area contributed by atoms with Crippen LogP contribution in [0.25, 0.3) is 0 Å². The molecule has 1 N–H and O–H groups in total. The number of esters is 1. The van der Waals surface area contributed by atoms with Crippen molar-refractivity contribution in [2.45, 2.75) is 38.6 Å². The molecule has 21 heavy (non-hydrogen) atoms. The molecule has 1 aliphatic rings. The van der Waals surface area contributed by atoms with Gasteiger partial charge in [-0.25, -0.2) is 0 Å². The Hall–Kier alpha value is -1.96. The van der Waals surface area contributed by atoms with E-state index in [2.05, 4.69) is 20.3 Å². The van der Waals surface area contributed by atoms with Gasteiger partial charge in [0.25, 0.3) is 0 Å². The van der Waals surface area contributed by atoms with Gasteiger partial charge in [-0.1, -0.05) is 5.10 Å². The van der Waals surface area contributed by atoms with Gasteiger partial charge in [0.15, 0.2) is 0 Å². The Bertz CT molecular complexity index is 510. The number of aromatic nitrogens is 2. The van der Waals surface area contributed by atoms with E-state index < -0.39 is 0 Å². The number of anilines is 1. The molecule has 0 saturated heterocycles. The van der Waals surface area contributed by atoms with Crippen LogP contribution in [0.3, 0.4) is 0 Å². The smallest absolute Gasteiger partial charge is 0.322 e. The summed E-state index contributed by atoms with van der Waals surface area (Å²) in [5.41, 5.74) is 0. The van der Waals surface area contributed by atoms with Crippen molar-refractivity contribution in [3.63, 3.8) is 0 Å². The monoisotopic (exact) mass is 296 g/mol. The van der Waals surface area contributed by atoms with E-state index in [0.29, 0.717) is 11.8 Å². The topological polar surface area (TPSA) is 97.6 Å². The Kier molecular flexibility index (Phi) is 4.89. The maximum Gasteiger partial charge on any atom is 0.322 e. The van der Waals surface area contributed by atoms with E-state index in [0.717, 1.165) is 12.8 Å². The summed E-state index contributed by atoms with van der Waals surface area (Å²) in [5.74, 6) is 0.221. The molecule has 116 valence electrons. The molecule has 0 aliphatic heterocycles. The van der Waals surface area contributed by atoms with E-state index in [1.165, 1.54) is 7.11 Å². The zero-order valence-corrected chi connectivity index (χ0v) is 12.5. The molecule has 8 nitrogen and oxygen atoms in total. The van der Waals surface area contributed by atoms with Crippen molar-refractivity contribution in [2.24, 2.45) is 0 Å². The summed E-state index contributed by atoms with van der Waals surface area (Å²) in [7, 11) is 1.32. The first-order chi connectivity index (χ1) is 9.99. The fourth-order valence-electron chi connectivity index (χ4n) is 1.78. The minimum absolute atomic E-state index is 0.0274. The van der Waals surface area contributed by atoms with Gasteiger partial charge in [-0.15, -0.1) is 5.10 Å². The summed E-state index contributed by atoms with van der Waals surface area (Å²) in [6.45, 7) is 3.90. The molecule has 1 amide bonds. The number of ether oxygens (including phenoxy) is 1. The Morgan fingerprint density at radius 1 is 1.38 bits per heavy atom. The molecular weight excluding hydrogens is 276 g/mol. The molecule has 1 aromatic heterocycles. The molecule has 1 fully saturated rings. The molecule has 0 spiro atoms. The largest absolute Gasteiger partial charge is 0.468 e. The molecular formula is C13H20N4O4. The van der Waals surface area contributed by atoms with Crippen molar-refractivity contribution in [1.82, 2.24) is 15.1 Å². The van der Waals surface area contributed by atoms with Crippen LogP contribution in [0.15, 0.2) is 4.42 Å². The first-order valence-corrected chi connectivity index (χ1v) is 6.93. The molecule has 8 heteroatoms. The van der Waals surface area contributed by atoms with Crippen LogP contribution in [0.5, 0.6) is 0 Å². The van der Waals surface area contributed by atoms with Crippen molar-refractivity contribution in [1.29, 1.82) is 0 Å². The molecule has 0 radical (unpaired) electrons. The number of hydrogen-bond donors (Lipinski definition) is 1. The summed E-state index contributed by atoms with van der Waals surface area (Å²) in [6.07, 6.45) is 2.10. The van der Waals surface area contributed by atoms with E-state index in [1.54, 1.807) is 4.90 Å². The van der Waals surface area contributed by atoms with E-state index >= 15 is 0 Å². The highest BCUT2D eigenvalue weighted by Crippen LogP contribution is 2.39. The quantitative estimate of drug-likeness (QED) is 0.742. The summed E-state index contributed by atoms with van der Waals surface area (Å²) in [6, 6.07) is 0.128. The molecule has 1 aliphatic carbocycles. The Balaban J connectivity index is 1.86. The van der Waals surface area contributed by atoms with E-state index in [9.17, 15) is 9.59 Å². The molecule has 1 aromatic rings. The van der Waals surface area contributed by atoms with Crippen molar-refractivity contribution >= 4 is 17.9 Å². The van der Waals surface area contributed by atoms with Gasteiger partial charge in [-0.05, 0) is 26.7 Å². The number of hydrogen-bond acceptors (Lipinski definition) is 7. The van der Waals surface area contributed by atoms with Crippen LogP contribution >= 0.6 is 0 Å². The van der Waals surface area contributed by atoms with Crippen LogP contribution in [0.4, 0.5) is 6.01 Å². The number of amides is 1. The van der Waals surface area contributed by atoms with Gasteiger partial charge in [0, 0.05) is 12.0 Å². The highest BCUT2D eigenvalue weighted by atomic mass is 16.5. The lowest BCUT2D eigenvalue weighted by Crippen LogP contribution is -2.41. The predicted octanol–water partition coefficient (Wildman–Crippen LogP) is 0.769. The van der Waals surface area contributed by atoms with Crippen molar-refractivity contribution in [3.8, 4) is 0 Å². The van der Waals surface area contributed by atoms with Crippen LogP contribution in [0.2, 0.25) is 0 Å². The second-order valence-corrected chi connectivity index (χ2v) is 5.34. The summed E-state index contributed by atoms with van der Waals surface area (Å²) in [4.78, 5) is 25.0. The number of rotatable bonds is 7. The van der Waals surface area contributed by atoms with E-state index in [4.69, 9.17) is 4.42 Å². The Morgan fingerprint density at radius 2 is 2.10 bits per heavy atom. The number of methoxy groups -OCH3 is 1. The Morgan fingerprint density at radius 3 is 2.67 bits per heavy atom. The van der Waals surface area contributed by atoms with Gasteiger partial charge in [0.2, 0.25) is 11.8 Å². The van der Waals surface area contributed by atoms with Crippen molar-refractivity contribution < 1.29 is 18.7 Å². The number of carbonyl (C=O) groups is 2. The summed E-state index contributed by atoms with van der Waals surface area (Å²) >= 11 is 0. The fraction of sp³-hybridized carbons (Fsp3) is 0.692. The van der Waals surface area contributed by atoms with Crippen LogP contribution in [-0.4, -0.2) is 53.2 Å². The van der Waals surface area contributed by atoms with Gasteiger partial charge in [0.05, 0.1) is 20.2 Å². The Labute approximate surface area is 122 Å². The molecule has 0 aromatic carbocycles. The van der Waals surface area contributed by atoms with Crippen molar-refractivity contribution in [2.75, 3.05) is 25.5 Å². The number of nitrogens with one attached hydrogen (secondary N) is 1. The maximum atomic E-state index is 12.0. The second kappa shape index (κ2) is 6.66. The van der Waals surface area contributed by atoms with E-state index in [1.807, 2.05) is 13.8 Å². The predicted molar refractivity (Wildman–Crippen MR) is 73.6 cm³/mol. The standard InChI is InChI=1S/C13H20N4O4/c1-8(2)17(7-11(19)20-3)6-10(18)14-13-16-15-12(21-13)9-4-5-9/h8-9H,4-7H2,1-3H3,(H,14,16,18). The highest BCUT2D eigenvalue weighted by Gasteiger charge is 2.29. The first-order valence-electron chi connectivity index (χ1n) is 6.93. The van der Waals surface area contributed by atoms with Gasteiger partial charge in [-0.2, -0.15) is 0 Å². The lowest BCUT2D eigenvalue weighted by Gasteiger charge is -2.23. The fourth-order valence-corrected chi connectivity index (χ4v) is 1.78. The van der Waals surface area contributed by atoms with Crippen molar-refractivity contribution in [3.05, 3.63) is 5.89 Å². The molecule has 2 rings (SSSR count). The minimum atomic E-state index is -0.384. The zero-order valence-electron chi connectivity index (χ0n) is 12.5. The maximum absolute atomic E-state index is 12.0. The van der Waals surface area contributed by atoms with E-state index in [-0.39, 0.29) is 37.0 Å². The lowest BCUT2D eigenvalue weighted by atomic mass is 10.3. The van der Waals surface area contributed by atoms with Gasteiger partial charge in [-0.3, -0.25) is 19.8 Å². The third-order valence-corrected chi connectivity index (χ3v) is 3.25. The number of carbonyl (C=O) groups excluding carboxylic acids is 2. The second-order valence-electron chi connectivity index (χ2n) is 5.34.